The molecule has 0 saturated carbocycles. The molecule has 0 radical (unpaired) electrons. The molecule has 0 spiro atoms. The van der Waals surface area contributed by atoms with Crippen LogP contribution in [0.5, 0.6) is 0 Å². The number of hydrogen-bond acceptors (Lipinski definition) is 6. The van der Waals surface area contributed by atoms with Crippen molar-refractivity contribution < 1.29 is 19.1 Å². The minimum absolute atomic E-state index is 0.167. The van der Waals surface area contributed by atoms with Crippen LogP contribution in [0.1, 0.15) is 41.5 Å². The maximum Gasteiger partial charge on any atom is 0.126 e. The molecular weight excluding hydrogens is 302 g/mol. The van der Waals surface area contributed by atoms with Gasteiger partial charge in [0.05, 0.1) is 0 Å². The first-order valence-corrected chi connectivity index (χ1v) is 8.22. The molecule has 5 nitrogen and oxygen atoms in total. The molecule has 0 aromatic rings. The zero-order valence-electron chi connectivity index (χ0n) is 17.0. The topological polar surface area (TPSA) is 63.7 Å². The van der Waals surface area contributed by atoms with Crippen LogP contribution in [0.2, 0.25) is 0 Å². The normalized spacial score (nSPS) is 6.82. The second kappa shape index (κ2) is 42.7. The molecule has 0 fully saturated rings. The first kappa shape index (κ1) is 37.5. The molecule has 0 aromatic heterocycles. The van der Waals surface area contributed by atoms with E-state index in [1.165, 1.54) is 41.5 Å². The van der Waals surface area contributed by atoms with E-state index in [4.69, 9.17) is 0 Å². The molecule has 6 heteroatoms. The van der Waals surface area contributed by atoms with E-state index < -0.39 is 0 Å². The van der Waals surface area contributed by atoms with Gasteiger partial charge in [-0.1, -0.05) is 0 Å². The quantitative estimate of drug-likeness (QED) is 0.674. The average Bonchev–Trinajstić information content (AvgIpc) is 2.13. The Morgan fingerprint density at radius 3 is 0.682 bits per heavy atom. The molecule has 0 N–H and O–H groups in total. The largest absolute Gasteiger partial charge is 0.388 e. The third-order valence-corrected chi connectivity index (χ3v) is 0. The summed E-state index contributed by atoms with van der Waals surface area (Å²) in [7, 11) is 9.25. The van der Waals surface area contributed by atoms with Gasteiger partial charge in [0.2, 0.25) is 0 Å². The summed E-state index contributed by atoms with van der Waals surface area (Å²) in [6.45, 7) is 9.17. The Morgan fingerprint density at radius 1 is 0.682 bits per heavy atom. The highest BCUT2D eigenvalue weighted by molar-refractivity contribution is 7.97. The number of carbonyl (C=O) groups excluding carboxylic acids is 3. The van der Waals surface area contributed by atoms with Crippen LogP contribution in [0.4, 0.5) is 0 Å². The monoisotopic (exact) mass is 341 g/mol. The molecule has 0 atom stereocenters. The van der Waals surface area contributed by atoms with Crippen LogP contribution in [0.25, 0.3) is 0 Å². The fourth-order valence-corrected chi connectivity index (χ4v) is 0. The lowest BCUT2D eigenvalue weighted by atomic mass is 10.6. The van der Waals surface area contributed by atoms with Crippen LogP contribution in [0.3, 0.4) is 0 Å². The zero-order valence-corrected chi connectivity index (χ0v) is 17.8. The Labute approximate surface area is 143 Å². The van der Waals surface area contributed by atoms with Gasteiger partial charge in [0.15, 0.2) is 0 Å². The molecular formula is C16H39NO4S. The lowest BCUT2D eigenvalue weighted by molar-refractivity contribution is -0.115. The highest BCUT2D eigenvalue weighted by Crippen LogP contribution is 1.70. The molecule has 22 heavy (non-hydrogen) atoms. The predicted octanol–water partition coefficient (Wildman–Crippen LogP) is 3.21. The van der Waals surface area contributed by atoms with Gasteiger partial charge in [0.1, 0.15) is 17.3 Å². The summed E-state index contributed by atoms with van der Waals surface area (Å²) in [5.74, 6) is 0.500. The van der Waals surface area contributed by atoms with Crippen molar-refractivity contribution in [1.82, 2.24) is 4.90 Å². The summed E-state index contributed by atoms with van der Waals surface area (Å²) < 4.78 is 4.25. The van der Waals surface area contributed by atoms with Crippen molar-refractivity contribution in [2.45, 2.75) is 41.5 Å². The number of hydrogen-bond donors (Lipinski definition) is 0. The smallest absolute Gasteiger partial charge is 0.126 e. The Hall–Kier alpha value is -0.720. The lowest BCUT2D eigenvalue weighted by Crippen LogP contribution is -1.99. The van der Waals surface area contributed by atoms with Gasteiger partial charge in [-0.3, -0.25) is 0 Å². The van der Waals surface area contributed by atoms with Gasteiger partial charge in [-0.2, -0.15) is 11.8 Å². The van der Waals surface area contributed by atoms with E-state index in [1.807, 2.05) is 38.6 Å². The first-order chi connectivity index (χ1) is 9.76. The number of rotatable bonds is 0. The zero-order chi connectivity index (χ0) is 19.7. The minimum atomic E-state index is 0.167. The highest BCUT2D eigenvalue weighted by Gasteiger charge is 1.63. The van der Waals surface area contributed by atoms with Crippen LogP contribution in [-0.4, -0.2) is 70.1 Å². The molecule has 138 valence electrons. The molecule has 0 rings (SSSR count). The molecule has 0 bridgehead atoms. The van der Waals surface area contributed by atoms with Crippen LogP contribution in [0, 0.1) is 0 Å². The van der Waals surface area contributed by atoms with Crippen LogP contribution in [-0.2, 0) is 19.1 Å². The number of nitrogens with zero attached hydrogens (tertiary/aromatic N) is 1. The maximum absolute atomic E-state index is 9.44. The number of Topliss-reactive ketones (excluding diaryl/α,β-unsaturated/α-hetero) is 3. The molecule has 0 aromatic carbocycles. The third kappa shape index (κ3) is 12400. The molecule has 0 saturated heterocycles. The van der Waals surface area contributed by atoms with Crippen molar-refractivity contribution in [2.75, 3.05) is 47.9 Å². The van der Waals surface area contributed by atoms with Gasteiger partial charge >= 0.3 is 0 Å². The predicted molar refractivity (Wildman–Crippen MR) is 101 cm³/mol. The molecule has 0 unspecified atom stereocenters. The summed E-state index contributed by atoms with van der Waals surface area (Å²) >= 11 is 1.75. The summed E-state index contributed by atoms with van der Waals surface area (Å²) in [4.78, 5) is 30.3. The molecule has 0 aliphatic carbocycles. The van der Waals surface area contributed by atoms with Gasteiger partial charge in [0.25, 0.3) is 0 Å². The maximum atomic E-state index is 9.44. The van der Waals surface area contributed by atoms with Gasteiger partial charge in [-0.25, -0.2) is 0 Å². The van der Waals surface area contributed by atoms with Gasteiger partial charge in [-0.15, -0.1) is 0 Å². The van der Waals surface area contributed by atoms with Gasteiger partial charge in [0, 0.05) is 14.2 Å². The average molecular weight is 342 g/mol. The van der Waals surface area contributed by atoms with Crippen molar-refractivity contribution in [3.63, 3.8) is 0 Å². The molecule has 0 aliphatic rings. The van der Waals surface area contributed by atoms with E-state index in [0.717, 1.165) is 0 Å². The van der Waals surface area contributed by atoms with E-state index in [9.17, 15) is 14.4 Å². The fourth-order valence-electron chi connectivity index (χ4n) is 0. The number of ketones is 3. The standard InChI is InChI=1S/C3H9N.3C3H6O.C2H6O.C2H6S/c1-4(2)3;3*1-3(2)4;2*1-3-2/h1-3H3;3*1-2H3;2*1-2H3. The fraction of sp³-hybridized carbons (Fsp3) is 0.812. The van der Waals surface area contributed by atoms with Crippen LogP contribution in [0.15, 0.2) is 0 Å². The summed E-state index contributed by atoms with van der Waals surface area (Å²) in [6, 6.07) is 0. The van der Waals surface area contributed by atoms with Crippen molar-refractivity contribution in [3.05, 3.63) is 0 Å². The summed E-state index contributed by atoms with van der Waals surface area (Å²) in [6.07, 6.45) is 4.08. The van der Waals surface area contributed by atoms with Crippen LogP contribution < -0.4 is 0 Å². The Morgan fingerprint density at radius 2 is 0.682 bits per heavy atom. The summed E-state index contributed by atoms with van der Waals surface area (Å²) in [5.41, 5.74) is 0. The van der Waals surface area contributed by atoms with Crippen molar-refractivity contribution in [3.8, 4) is 0 Å². The molecule has 0 aliphatic heterocycles. The van der Waals surface area contributed by atoms with E-state index >= 15 is 0 Å². The van der Waals surface area contributed by atoms with E-state index in [-0.39, 0.29) is 17.3 Å². The Balaban J connectivity index is -0.0000000351. The lowest BCUT2D eigenvalue weighted by Gasteiger charge is -1.90. The number of carbonyl (C=O) groups is 3. The van der Waals surface area contributed by atoms with E-state index in [2.05, 4.69) is 4.74 Å². The second-order valence-electron chi connectivity index (χ2n) is 4.88. The van der Waals surface area contributed by atoms with E-state index in [0.29, 0.717) is 0 Å². The van der Waals surface area contributed by atoms with Crippen molar-refractivity contribution in [2.24, 2.45) is 0 Å². The Bertz CT molecular complexity index is 175. The molecule has 0 amide bonds. The number of methoxy groups -OCH3 is 1. The number of ether oxygens (including phenoxy) is 1. The van der Waals surface area contributed by atoms with Crippen molar-refractivity contribution in [1.29, 1.82) is 0 Å². The van der Waals surface area contributed by atoms with Crippen molar-refractivity contribution >= 4 is 29.1 Å². The summed E-state index contributed by atoms with van der Waals surface area (Å²) in [5, 5.41) is 0. The van der Waals surface area contributed by atoms with Gasteiger partial charge in [-0.05, 0) is 75.2 Å². The minimum Gasteiger partial charge on any atom is -0.388 e. The third-order valence-electron chi connectivity index (χ3n) is 0. The molecule has 0 heterocycles. The second-order valence-corrected chi connectivity index (χ2v) is 5.70. The first-order valence-electron chi connectivity index (χ1n) is 6.59. The SMILES string of the molecule is CC(C)=O.CC(C)=O.CC(C)=O.CN(C)C.COC.CSC. The van der Waals surface area contributed by atoms with Crippen LogP contribution >= 0.6 is 11.8 Å². The van der Waals surface area contributed by atoms with E-state index in [1.54, 1.807) is 26.0 Å². The highest BCUT2D eigenvalue weighted by atomic mass is 32.2. The van der Waals surface area contributed by atoms with Gasteiger partial charge < -0.3 is 24.0 Å². The Kier molecular flexibility index (Phi) is 72.8. The number of thioether (sulfide) groups is 1.